The van der Waals surface area contributed by atoms with Crippen molar-refractivity contribution in [2.24, 2.45) is 0 Å². The molecule has 1 aromatic carbocycles. The van der Waals surface area contributed by atoms with Crippen LogP contribution in [0.2, 0.25) is 5.02 Å². The number of carbonyl (C=O) groups is 1. The van der Waals surface area contributed by atoms with E-state index in [1.165, 1.54) is 0 Å². The molecule has 0 spiro atoms. The van der Waals surface area contributed by atoms with Crippen LogP contribution in [-0.4, -0.2) is 41.9 Å². The second-order valence-corrected chi connectivity index (χ2v) is 6.60. The fraction of sp³-hybridized carbons (Fsp3) is 0.368. The standard InChI is InChI=1S/C19H21ClN2O4/c20-15-3-1-14(2-4-15)13-26-18-9-16(10-21-11-18)22-7-8-25-17(12-22)5-6-19(23)24/h1-4,9-11,17H,5-8,12-13H2,(H,23,24)/t17-/m0/s1. The van der Waals surface area contributed by atoms with Crippen LogP contribution < -0.4 is 9.64 Å². The minimum Gasteiger partial charge on any atom is -0.487 e. The Labute approximate surface area is 157 Å². The zero-order valence-corrected chi connectivity index (χ0v) is 15.1. The highest BCUT2D eigenvalue weighted by molar-refractivity contribution is 6.30. The molecular formula is C19H21ClN2O4. The Kier molecular flexibility index (Phi) is 6.30. The van der Waals surface area contributed by atoms with Crippen molar-refractivity contribution in [3.8, 4) is 5.75 Å². The average Bonchev–Trinajstić information content (AvgIpc) is 2.66. The molecule has 0 aliphatic carbocycles. The number of benzene rings is 1. The monoisotopic (exact) mass is 376 g/mol. The normalized spacial score (nSPS) is 17.1. The molecule has 6 nitrogen and oxygen atoms in total. The number of pyridine rings is 1. The zero-order valence-electron chi connectivity index (χ0n) is 14.3. The predicted octanol–water partition coefficient (Wildman–Crippen LogP) is 3.38. The highest BCUT2D eigenvalue weighted by Crippen LogP contribution is 2.23. The average molecular weight is 377 g/mol. The molecule has 1 aromatic heterocycles. The minimum atomic E-state index is -0.801. The number of hydrogen-bond acceptors (Lipinski definition) is 5. The third kappa shape index (κ3) is 5.34. The quantitative estimate of drug-likeness (QED) is 0.798. The molecule has 3 rings (SSSR count). The van der Waals surface area contributed by atoms with Gasteiger partial charge in [-0.3, -0.25) is 9.78 Å². The van der Waals surface area contributed by atoms with Gasteiger partial charge in [0.05, 0.1) is 30.8 Å². The maximum absolute atomic E-state index is 10.7. The molecule has 0 bridgehead atoms. The van der Waals surface area contributed by atoms with Gasteiger partial charge >= 0.3 is 5.97 Å². The fourth-order valence-corrected chi connectivity index (χ4v) is 2.95. The molecule has 1 atom stereocenters. The summed E-state index contributed by atoms with van der Waals surface area (Å²) >= 11 is 5.89. The summed E-state index contributed by atoms with van der Waals surface area (Å²) in [6.07, 6.45) is 4.00. The Bertz CT molecular complexity index is 739. The lowest BCUT2D eigenvalue weighted by atomic mass is 10.1. The molecule has 0 radical (unpaired) electrons. The molecule has 2 aromatic rings. The molecule has 1 aliphatic rings. The molecule has 0 amide bonds. The van der Waals surface area contributed by atoms with Crippen LogP contribution in [0.3, 0.4) is 0 Å². The van der Waals surface area contributed by atoms with E-state index < -0.39 is 5.97 Å². The van der Waals surface area contributed by atoms with Crippen molar-refractivity contribution in [1.29, 1.82) is 0 Å². The van der Waals surface area contributed by atoms with Crippen LogP contribution in [0, 0.1) is 0 Å². The van der Waals surface area contributed by atoms with Gasteiger partial charge in [0.2, 0.25) is 0 Å². The summed E-state index contributed by atoms with van der Waals surface area (Å²) < 4.78 is 11.5. The van der Waals surface area contributed by atoms with Gasteiger partial charge in [0.15, 0.2) is 0 Å². The van der Waals surface area contributed by atoms with Gasteiger partial charge in [-0.15, -0.1) is 0 Å². The molecule has 1 saturated heterocycles. The zero-order chi connectivity index (χ0) is 18.4. The van der Waals surface area contributed by atoms with Crippen LogP contribution in [0.4, 0.5) is 5.69 Å². The number of rotatable bonds is 7. The number of morpholine rings is 1. The van der Waals surface area contributed by atoms with E-state index in [-0.39, 0.29) is 12.5 Å². The van der Waals surface area contributed by atoms with E-state index >= 15 is 0 Å². The van der Waals surface area contributed by atoms with E-state index in [1.54, 1.807) is 12.4 Å². The van der Waals surface area contributed by atoms with Gasteiger partial charge in [0.1, 0.15) is 12.4 Å². The van der Waals surface area contributed by atoms with Gasteiger partial charge in [-0.05, 0) is 24.1 Å². The molecule has 0 saturated carbocycles. The van der Waals surface area contributed by atoms with Crippen molar-refractivity contribution in [3.05, 3.63) is 53.3 Å². The van der Waals surface area contributed by atoms with Crippen LogP contribution in [0.25, 0.3) is 0 Å². The van der Waals surface area contributed by atoms with Gasteiger partial charge in [-0.25, -0.2) is 0 Å². The number of anilines is 1. The summed E-state index contributed by atoms with van der Waals surface area (Å²) in [5, 5.41) is 9.53. The summed E-state index contributed by atoms with van der Waals surface area (Å²) in [5.74, 6) is -0.115. The number of hydrogen-bond donors (Lipinski definition) is 1. The number of nitrogens with zero attached hydrogens (tertiary/aromatic N) is 2. The van der Waals surface area contributed by atoms with Crippen molar-refractivity contribution >= 4 is 23.3 Å². The molecule has 2 heterocycles. The third-order valence-electron chi connectivity index (χ3n) is 4.20. The Hall–Kier alpha value is -2.31. The summed E-state index contributed by atoms with van der Waals surface area (Å²) in [7, 11) is 0. The number of aromatic nitrogens is 1. The highest BCUT2D eigenvalue weighted by Gasteiger charge is 2.22. The van der Waals surface area contributed by atoms with Crippen LogP contribution in [0.15, 0.2) is 42.7 Å². The molecule has 7 heteroatoms. The number of ether oxygens (including phenoxy) is 2. The van der Waals surface area contributed by atoms with E-state index in [1.807, 2.05) is 30.3 Å². The first-order chi connectivity index (χ1) is 12.6. The minimum absolute atomic E-state index is 0.0847. The molecule has 0 unspecified atom stereocenters. The molecule has 138 valence electrons. The molecule has 1 aliphatic heterocycles. The largest absolute Gasteiger partial charge is 0.487 e. The molecular weight excluding hydrogens is 356 g/mol. The summed E-state index contributed by atoms with van der Waals surface area (Å²) in [6.45, 7) is 2.40. The van der Waals surface area contributed by atoms with Crippen LogP contribution in [-0.2, 0) is 16.1 Å². The first-order valence-corrected chi connectivity index (χ1v) is 8.88. The number of halogens is 1. The Balaban J connectivity index is 1.59. The molecule has 1 N–H and O–H groups in total. The maximum atomic E-state index is 10.7. The molecule has 1 fully saturated rings. The van der Waals surface area contributed by atoms with Crippen LogP contribution >= 0.6 is 11.6 Å². The lowest BCUT2D eigenvalue weighted by Crippen LogP contribution is -2.42. The SMILES string of the molecule is O=C(O)CC[C@H]1CN(c2cncc(OCc3ccc(Cl)cc3)c2)CCO1. The van der Waals surface area contributed by atoms with E-state index in [0.29, 0.717) is 37.0 Å². The maximum Gasteiger partial charge on any atom is 0.303 e. The number of carboxylic acids is 1. The summed E-state index contributed by atoms with van der Waals surface area (Å²) in [5.41, 5.74) is 1.97. The van der Waals surface area contributed by atoms with Crippen molar-refractivity contribution in [1.82, 2.24) is 4.98 Å². The second kappa shape index (κ2) is 8.87. The van der Waals surface area contributed by atoms with Gasteiger partial charge in [-0.1, -0.05) is 23.7 Å². The van der Waals surface area contributed by atoms with E-state index in [9.17, 15) is 4.79 Å². The van der Waals surface area contributed by atoms with Crippen molar-refractivity contribution < 1.29 is 19.4 Å². The van der Waals surface area contributed by atoms with Crippen LogP contribution in [0.1, 0.15) is 18.4 Å². The van der Waals surface area contributed by atoms with E-state index in [4.69, 9.17) is 26.2 Å². The van der Waals surface area contributed by atoms with E-state index in [2.05, 4.69) is 9.88 Å². The first-order valence-electron chi connectivity index (χ1n) is 8.51. The van der Waals surface area contributed by atoms with Gasteiger partial charge < -0.3 is 19.5 Å². The first kappa shape index (κ1) is 18.5. The fourth-order valence-electron chi connectivity index (χ4n) is 2.82. The molecule has 26 heavy (non-hydrogen) atoms. The van der Waals surface area contributed by atoms with Crippen molar-refractivity contribution in [3.63, 3.8) is 0 Å². The predicted molar refractivity (Wildman–Crippen MR) is 98.8 cm³/mol. The number of aliphatic carboxylic acids is 1. The van der Waals surface area contributed by atoms with E-state index in [0.717, 1.165) is 17.8 Å². The van der Waals surface area contributed by atoms with Gasteiger partial charge in [0, 0.05) is 30.6 Å². The number of carboxylic acid groups (broad SMARTS) is 1. The highest BCUT2D eigenvalue weighted by atomic mass is 35.5. The second-order valence-electron chi connectivity index (χ2n) is 6.17. The van der Waals surface area contributed by atoms with Gasteiger partial charge in [-0.2, -0.15) is 0 Å². The summed E-state index contributed by atoms with van der Waals surface area (Å²) in [4.78, 5) is 17.2. The van der Waals surface area contributed by atoms with Gasteiger partial charge in [0.25, 0.3) is 0 Å². The van der Waals surface area contributed by atoms with Crippen LogP contribution in [0.5, 0.6) is 5.75 Å². The lowest BCUT2D eigenvalue weighted by Gasteiger charge is -2.34. The smallest absolute Gasteiger partial charge is 0.303 e. The van der Waals surface area contributed by atoms with Crippen molar-refractivity contribution in [2.45, 2.75) is 25.6 Å². The Morgan fingerprint density at radius 2 is 2.15 bits per heavy atom. The topological polar surface area (TPSA) is 71.9 Å². The third-order valence-corrected chi connectivity index (χ3v) is 4.45. The Morgan fingerprint density at radius 3 is 2.92 bits per heavy atom. The Morgan fingerprint density at radius 1 is 1.35 bits per heavy atom. The lowest BCUT2D eigenvalue weighted by molar-refractivity contribution is -0.137. The van der Waals surface area contributed by atoms with Crippen molar-refractivity contribution in [2.75, 3.05) is 24.6 Å². The summed E-state index contributed by atoms with van der Waals surface area (Å²) in [6, 6.07) is 9.46.